The van der Waals surface area contributed by atoms with E-state index in [0.29, 0.717) is 5.41 Å². The van der Waals surface area contributed by atoms with Crippen LogP contribution in [0, 0.1) is 5.41 Å². The first-order valence-corrected chi connectivity index (χ1v) is 6.64. The second kappa shape index (κ2) is 9.17. The summed E-state index contributed by atoms with van der Waals surface area (Å²) < 4.78 is 0. The Morgan fingerprint density at radius 3 is 1.93 bits per heavy atom. The molecule has 0 amide bonds. The quantitative estimate of drug-likeness (QED) is 0.549. The molecule has 0 aromatic carbocycles. The van der Waals surface area contributed by atoms with Crippen molar-refractivity contribution in [3.8, 4) is 0 Å². The minimum Gasteiger partial charge on any atom is -0.330 e. The second-order valence-corrected chi connectivity index (χ2v) is 4.80. The van der Waals surface area contributed by atoms with Crippen molar-refractivity contribution in [1.82, 2.24) is 0 Å². The van der Waals surface area contributed by atoms with Gasteiger partial charge >= 0.3 is 0 Å². The lowest BCUT2D eigenvalue weighted by Crippen LogP contribution is -2.31. The van der Waals surface area contributed by atoms with E-state index in [4.69, 9.17) is 11.5 Å². The van der Waals surface area contributed by atoms with Gasteiger partial charge in [-0.2, -0.15) is 0 Å². The zero-order valence-corrected chi connectivity index (χ0v) is 10.7. The number of rotatable bonds is 10. The van der Waals surface area contributed by atoms with E-state index in [0.717, 1.165) is 19.5 Å². The molecule has 0 rings (SSSR count). The lowest BCUT2D eigenvalue weighted by Gasteiger charge is -2.32. The summed E-state index contributed by atoms with van der Waals surface area (Å²) >= 11 is 0. The summed E-state index contributed by atoms with van der Waals surface area (Å²) in [7, 11) is 0. The third-order valence-electron chi connectivity index (χ3n) is 3.44. The van der Waals surface area contributed by atoms with Gasteiger partial charge in [-0.25, -0.2) is 0 Å². The van der Waals surface area contributed by atoms with Crippen molar-refractivity contribution in [3.05, 3.63) is 0 Å². The molecule has 0 aliphatic carbocycles. The van der Waals surface area contributed by atoms with E-state index in [9.17, 15) is 0 Å². The van der Waals surface area contributed by atoms with Gasteiger partial charge in [-0.1, -0.05) is 39.5 Å². The van der Waals surface area contributed by atoms with Crippen molar-refractivity contribution >= 4 is 0 Å². The van der Waals surface area contributed by atoms with Crippen LogP contribution in [0.2, 0.25) is 0 Å². The predicted octanol–water partition coefficient (Wildman–Crippen LogP) is 3.05. The molecule has 0 fully saturated rings. The molecule has 0 spiro atoms. The molecule has 92 valence electrons. The molecule has 1 atom stereocenters. The van der Waals surface area contributed by atoms with Gasteiger partial charge in [-0.05, 0) is 44.2 Å². The van der Waals surface area contributed by atoms with Crippen LogP contribution < -0.4 is 11.5 Å². The first-order valence-electron chi connectivity index (χ1n) is 6.64. The van der Waals surface area contributed by atoms with Crippen molar-refractivity contribution in [3.63, 3.8) is 0 Å². The molecule has 0 aromatic heterocycles. The monoisotopic (exact) mass is 214 g/mol. The van der Waals surface area contributed by atoms with Crippen molar-refractivity contribution in [2.45, 2.75) is 65.2 Å². The third-order valence-corrected chi connectivity index (χ3v) is 3.44. The van der Waals surface area contributed by atoms with Crippen LogP contribution in [0.3, 0.4) is 0 Å². The molecule has 0 bridgehead atoms. The van der Waals surface area contributed by atoms with E-state index in [1.807, 2.05) is 0 Å². The molecule has 0 heterocycles. The first-order chi connectivity index (χ1) is 7.24. The molecule has 0 aliphatic heterocycles. The summed E-state index contributed by atoms with van der Waals surface area (Å²) in [6.45, 7) is 6.15. The first kappa shape index (κ1) is 14.9. The number of nitrogens with two attached hydrogens (primary N) is 2. The Bertz CT molecular complexity index is 136. The van der Waals surface area contributed by atoms with Crippen molar-refractivity contribution in [2.24, 2.45) is 16.9 Å². The van der Waals surface area contributed by atoms with Crippen LogP contribution in [0.25, 0.3) is 0 Å². The van der Waals surface area contributed by atoms with Crippen molar-refractivity contribution < 1.29 is 0 Å². The number of unbranched alkanes of at least 4 members (excludes halogenated alkanes) is 2. The second-order valence-electron chi connectivity index (χ2n) is 4.80. The average molecular weight is 214 g/mol. The largest absolute Gasteiger partial charge is 0.330 e. The van der Waals surface area contributed by atoms with Crippen LogP contribution in [0.4, 0.5) is 0 Å². The number of hydrogen-bond donors (Lipinski definition) is 2. The van der Waals surface area contributed by atoms with E-state index in [1.54, 1.807) is 0 Å². The van der Waals surface area contributed by atoms with Crippen LogP contribution in [0.1, 0.15) is 65.2 Å². The van der Waals surface area contributed by atoms with Crippen molar-refractivity contribution in [1.29, 1.82) is 0 Å². The SMILES string of the molecule is CCCCCC(CN)(CCC)CCCN. The Morgan fingerprint density at radius 2 is 1.47 bits per heavy atom. The van der Waals surface area contributed by atoms with Crippen LogP contribution in [0.15, 0.2) is 0 Å². The Kier molecular flexibility index (Phi) is 9.12. The molecule has 2 heteroatoms. The molecule has 2 nitrogen and oxygen atoms in total. The Hall–Kier alpha value is -0.0800. The van der Waals surface area contributed by atoms with Crippen LogP contribution in [-0.4, -0.2) is 13.1 Å². The predicted molar refractivity (Wildman–Crippen MR) is 68.8 cm³/mol. The normalized spacial score (nSPS) is 15.2. The van der Waals surface area contributed by atoms with E-state index >= 15 is 0 Å². The Morgan fingerprint density at radius 1 is 0.800 bits per heavy atom. The fraction of sp³-hybridized carbons (Fsp3) is 1.00. The molecule has 15 heavy (non-hydrogen) atoms. The minimum absolute atomic E-state index is 0.392. The standard InChI is InChI=1S/C13H30N2/c1-3-5-6-9-13(12-15,8-4-2)10-7-11-14/h3-12,14-15H2,1-2H3. The summed E-state index contributed by atoms with van der Waals surface area (Å²) in [5.74, 6) is 0. The lowest BCUT2D eigenvalue weighted by atomic mass is 9.75. The maximum Gasteiger partial charge on any atom is -0.00205 e. The fourth-order valence-corrected chi connectivity index (χ4v) is 2.44. The van der Waals surface area contributed by atoms with Gasteiger partial charge < -0.3 is 11.5 Å². The van der Waals surface area contributed by atoms with Crippen molar-refractivity contribution in [2.75, 3.05) is 13.1 Å². The van der Waals surface area contributed by atoms with E-state index in [2.05, 4.69) is 13.8 Å². The zero-order chi connectivity index (χ0) is 11.6. The molecular weight excluding hydrogens is 184 g/mol. The van der Waals surface area contributed by atoms with Crippen LogP contribution in [0.5, 0.6) is 0 Å². The Balaban J connectivity index is 4.09. The van der Waals surface area contributed by atoms with E-state index in [-0.39, 0.29) is 0 Å². The summed E-state index contributed by atoms with van der Waals surface area (Å²) in [6.07, 6.45) is 10.1. The summed E-state index contributed by atoms with van der Waals surface area (Å²) in [6, 6.07) is 0. The topological polar surface area (TPSA) is 52.0 Å². The van der Waals surface area contributed by atoms with Gasteiger partial charge in [0.25, 0.3) is 0 Å². The molecule has 0 saturated carbocycles. The van der Waals surface area contributed by atoms with Gasteiger partial charge in [0.05, 0.1) is 0 Å². The molecule has 1 unspecified atom stereocenters. The van der Waals surface area contributed by atoms with Gasteiger partial charge in [-0.3, -0.25) is 0 Å². The van der Waals surface area contributed by atoms with Gasteiger partial charge in [0.15, 0.2) is 0 Å². The fourth-order valence-electron chi connectivity index (χ4n) is 2.44. The highest BCUT2D eigenvalue weighted by molar-refractivity contribution is 4.80. The van der Waals surface area contributed by atoms with E-state index in [1.165, 1.54) is 44.9 Å². The summed E-state index contributed by atoms with van der Waals surface area (Å²) in [4.78, 5) is 0. The average Bonchev–Trinajstić information content (AvgIpc) is 2.26. The van der Waals surface area contributed by atoms with Crippen LogP contribution in [-0.2, 0) is 0 Å². The van der Waals surface area contributed by atoms with Gasteiger partial charge in [0.2, 0.25) is 0 Å². The maximum atomic E-state index is 5.98. The third kappa shape index (κ3) is 6.16. The van der Waals surface area contributed by atoms with Gasteiger partial charge in [0.1, 0.15) is 0 Å². The van der Waals surface area contributed by atoms with Gasteiger partial charge in [-0.15, -0.1) is 0 Å². The summed E-state index contributed by atoms with van der Waals surface area (Å²) in [5, 5.41) is 0. The molecule has 0 aromatic rings. The zero-order valence-electron chi connectivity index (χ0n) is 10.7. The van der Waals surface area contributed by atoms with Crippen LogP contribution >= 0.6 is 0 Å². The molecule has 0 saturated heterocycles. The number of hydrogen-bond acceptors (Lipinski definition) is 2. The highest BCUT2D eigenvalue weighted by atomic mass is 14.6. The molecule has 0 aliphatic rings. The van der Waals surface area contributed by atoms with Gasteiger partial charge in [0, 0.05) is 0 Å². The molecule has 4 N–H and O–H groups in total. The molecular formula is C13H30N2. The highest BCUT2D eigenvalue weighted by Gasteiger charge is 2.26. The maximum absolute atomic E-state index is 5.98. The summed E-state index contributed by atoms with van der Waals surface area (Å²) in [5.41, 5.74) is 12.0. The Labute approximate surface area is 95.8 Å². The lowest BCUT2D eigenvalue weighted by molar-refractivity contribution is 0.214. The molecule has 0 radical (unpaired) electrons. The minimum atomic E-state index is 0.392. The highest BCUT2D eigenvalue weighted by Crippen LogP contribution is 2.34. The smallest absolute Gasteiger partial charge is 0.00205 e. The van der Waals surface area contributed by atoms with E-state index < -0.39 is 0 Å².